The van der Waals surface area contributed by atoms with Gasteiger partial charge in [0.1, 0.15) is 18.2 Å². The average Bonchev–Trinajstić information content (AvgIpc) is 2.45. The Hall–Kier alpha value is -2.08. The minimum Gasteiger partial charge on any atom is -0.497 e. The zero-order valence-electron chi connectivity index (χ0n) is 11.2. The van der Waals surface area contributed by atoms with E-state index in [4.69, 9.17) is 15.2 Å². The predicted molar refractivity (Wildman–Crippen MR) is 80.6 cm³/mol. The number of ether oxygens (including phenoxy) is 2. The second-order valence-corrected chi connectivity index (χ2v) is 5.22. The van der Waals surface area contributed by atoms with E-state index in [1.807, 2.05) is 0 Å². The van der Waals surface area contributed by atoms with E-state index < -0.39 is 11.8 Å². The molecule has 0 bridgehead atoms. The van der Waals surface area contributed by atoms with Crippen molar-refractivity contribution in [2.75, 3.05) is 12.8 Å². The Morgan fingerprint density at radius 1 is 1.29 bits per heavy atom. The van der Waals surface area contributed by atoms with Crippen LogP contribution in [0.25, 0.3) is 0 Å². The summed E-state index contributed by atoms with van der Waals surface area (Å²) in [5, 5.41) is 0. The topological polar surface area (TPSA) is 61.5 Å². The molecule has 2 aromatic rings. The normalized spacial score (nSPS) is 10.2. The Morgan fingerprint density at radius 3 is 2.71 bits per heavy atom. The maximum Gasteiger partial charge on any atom is 0.338 e. The molecule has 4 nitrogen and oxygen atoms in total. The highest BCUT2D eigenvalue weighted by molar-refractivity contribution is 9.10. The lowest BCUT2D eigenvalue weighted by atomic mass is 10.2. The first-order valence-electron chi connectivity index (χ1n) is 6.05. The van der Waals surface area contributed by atoms with Gasteiger partial charge in [-0.25, -0.2) is 9.18 Å². The number of hydrogen-bond acceptors (Lipinski definition) is 4. The lowest BCUT2D eigenvalue weighted by Gasteiger charge is -2.08. The van der Waals surface area contributed by atoms with E-state index in [0.717, 1.165) is 0 Å². The van der Waals surface area contributed by atoms with Gasteiger partial charge >= 0.3 is 5.97 Å². The average molecular weight is 354 g/mol. The summed E-state index contributed by atoms with van der Waals surface area (Å²) in [6.07, 6.45) is 0. The molecule has 2 aromatic carbocycles. The van der Waals surface area contributed by atoms with E-state index in [9.17, 15) is 9.18 Å². The van der Waals surface area contributed by atoms with E-state index in [1.165, 1.54) is 25.3 Å². The van der Waals surface area contributed by atoms with E-state index in [2.05, 4.69) is 15.9 Å². The number of esters is 1. The standard InChI is InChI=1S/C15H13BrFNO3/c1-20-13-5-10(4-12(18)7-13)15(19)21-8-9-2-3-11(16)6-14(9)17/h2-7H,8,18H2,1H3. The quantitative estimate of drug-likeness (QED) is 0.674. The van der Waals surface area contributed by atoms with Crippen LogP contribution in [0.3, 0.4) is 0 Å². The van der Waals surface area contributed by atoms with Crippen LogP contribution < -0.4 is 10.5 Å². The van der Waals surface area contributed by atoms with E-state index in [1.54, 1.807) is 18.2 Å². The van der Waals surface area contributed by atoms with Gasteiger partial charge in [-0.2, -0.15) is 0 Å². The summed E-state index contributed by atoms with van der Waals surface area (Å²) in [5.74, 6) is -0.581. The van der Waals surface area contributed by atoms with Crippen molar-refractivity contribution in [3.63, 3.8) is 0 Å². The molecule has 0 aliphatic heterocycles. The highest BCUT2D eigenvalue weighted by Gasteiger charge is 2.12. The van der Waals surface area contributed by atoms with Gasteiger partial charge in [0.05, 0.1) is 12.7 Å². The summed E-state index contributed by atoms with van der Waals surface area (Å²) in [7, 11) is 1.47. The fourth-order valence-electron chi connectivity index (χ4n) is 1.72. The second kappa shape index (κ2) is 6.58. The molecule has 0 fully saturated rings. The van der Waals surface area contributed by atoms with Crippen LogP contribution in [0, 0.1) is 5.82 Å². The lowest BCUT2D eigenvalue weighted by molar-refractivity contribution is 0.0468. The fourth-order valence-corrected chi connectivity index (χ4v) is 2.06. The molecule has 0 saturated heterocycles. The molecule has 6 heteroatoms. The molecule has 0 aromatic heterocycles. The number of halogens is 2. The Morgan fingerprint density at radius 2 is 2.05 bits per heavy atom. The number of methoxy groups -OCH3 is 1. The van der Waals surface area contributed by atoms with Crippen LogP contribution >= 0.6 is 15.9 Å². The summed E-state index contributed by atoms with van der Waals surface area (Å²) in [4.78, 5) is 12.0. The maximum atomic E-state index is 13.6. The van der Waals surface area contributed by atoms with Gasteiger partial charge in [0, 0.05) is 21.8 Å². The minimum atomic E-state index is -0.595. The van der Waals surface area contributed by atoms with Crippen LogP contribution in [-0.4, -0.2) is 13.1 Å². The van der Waals surface area contributed by atoms with Crippen LogP contribution in [-0.2, 0) is 11.3 Å². The number of nitrogen functional groups attached to an aromatic ring is 1. The zero-order chi connectivity index (χ0) is 15.4. The van der Waals surface area contributed by atoms with Crippen LogP contribution in [0.2, 0.25) is 0 Å². The van der Waals surface area contributed by atoms with Crippen molar-refractivity contribution in [2.24, 2.45) is 0 Å². The largest absolute Gasteiger partial charge is 0.497 e. The summed E-state index contributed by atoms with van der Waals surface area (Å²) in [5.41, 5.74) is 6.60. The molecule has 0 unspecified atom stereocenters. The number of benzene rings is 2. The smallest absolute Gasteiger partial charge is 0.338 e. The van der Waals surface area contributed by atoms with Crippen molar-refractivity contribution in [3.05, 3.63) is 57.8 Å². The predicted octanol–water partition coefficient (Wildman–Crippen LogP) is 3.54. The molecule has 21 heavy (non-hydrogen) atoms. The third kappa shape index (κ3) is 3.95. The second-order valence-electron chi connectivity index (χ2n) is 4.31. The van der Waals surface area contributed by atoms with Gasteiger partial charge in [0.2, 0.25) is 0 Å². The van der Waals surface area contributed by atoms with Gasteiger partial charge in [0.25, 0.3) is 0 Å². The summed E-state index contributed by atoms with van der Waals surface area (Å²) < 4.78 is 24.4. The Bertz CT molecular complexity index is 676. The molecule has 0 saturated carbocycles. The maximum absolute atomic E-state index is 13.6. The molecular weight excluding hydrogens is 341 g/mol. The van der Waals surface area contributed by atoms with Gasteiger partial charge < -0.3 is 15.2 Å². The molecule has 0 spiro atoms. The first-order valence-corrected chi connectivity index (χ1v) is 6.84. The van der Waals surface area contributed by atoms with Crippen molar-refractivity contribution < 1.29 is 18.7 Å². The monoisotopic (exact) mass is 353 g/mol. The number of carbonyl (C=O) groups excluding carboxylic acids is 1. The van der Waals surface area contributed by atoms with Gasteiger partial charge in [0.15, 0.2) is 0 Å². The highest BCUT2D eigenvalue weighted by Crippen LogP contribution is 2.20. The molecule has 0 heterocycles. The summed E-state index contributed by atoms with van der Waals surface area (Å²) in [6.45, 7) is -0.158. The van der Waals surface area contributed by atoms with Crippen LogP contribution in [0.5, 0.6) is 5.75 Å². The van der Waals surface area contributed by atoms with Crippen LogP contribution in [0.4, 0.5) is 10.1 Å². The Labute approximate surface area is 129 Å². The van der Waals surface area contributed by atoms with Crippen molar-refractivity contribution in [3.8, 4) is 5.75 Å². The van der Waals surface area contributed by atoms with Gasteiger partial charge in [-0.1, -0.05) is 22.0 Å². The number of nitrogens with two attached hydrogens (primary N) is 1. The summed E-state index contributed by atoms with van der Waals surface area (Å²) in [6, 6.07) is 9.11. The van der Waals surface area contributed by atoms with Crippen molar-refractivity contribution in [2.45, 2.75) is 6.61 Å². The summed E-state index contributed by atoms with van der Waals surface area (Å²) >= 11 is 3.16. The van der Waals surface area contributed by atoms with Crippen molar-refractivity contribution >= 4 is 27.6 Å². The molecule has 110 valence electrons. The van der Waals surface area contributed by atoms with Crippen LogP contribution in [0.1, 0.15) is 15.9 Å². The molecule has 0 radical (unpaired) electrons. The van der Waals surface area contributed by atoms with Gasteiger partial charge in [-0.3, -0.25) is 0 Å². The Balaban J connectivity index is 2.09. The number of anilines is 1. The minimum absolute atomic E-state index is 0.158. The number of carbonyl (C=O) groups is 1. The molecule has 0 atom stereocenters. The third-order valence-electron chi connectivity index (χ3n) is 2.77. The molecule has 0 amide bonds. The van der Waals surface area contributed by atoms with Crippen molar-refractivity contribution in [1.29, 1.82) is 0 Å². The highest BCUT2D eigenvalue weighted by atomic mass is 79.9. The SMILES string of the molecule is COc1cc(N)cc(C(=O)OCc2ccc(Br)cc2F)c1. The molecule has 0 aliphatic rings. The number of hydrogen-bond donors (Lipinski definition) is 1. The first kappa shape index (κ1) is 15.3. The molecule has 2 rings (SSSR count). The van der Waals surface area contributed by atoms with Crippen LogP contribution in [0.15, 0.2) is 40.9 Å². The van der Waals surface area contributed by atoms with E-state index in [-0.39, 0.29) is 12.2 Å². The fraction of sp³-hybridized carbons (Fsp3) is 0.133. The molecule has 0 aliphatic carbocycles. The Kier molecular flexibility index (Phi) is 4.80. The number of rotatable bonds is 4. The van der Waals surface area contributed by atoms with Gasteiger partial charge in [-0.05, 0) is 24.3 Å². The molecular formula is C15H13BrFNO3. The third-order valence-corrected chi connectivity index (χ3v) is 3.27. The lowest BCUT2D eigenvalue weighted by Crippen LogP contribution is -2.07. The van der Waals surface area contributed by atoms with E-state index >= 15 is 0 Å². The zero-order valence-corrected chi connectivity index (χ0v) is 12.8. The van der Waals surface area contributed by atoms with Crippen molar-refractivity contribution in [1.82, 2.24) is 0 Å². The first-order chi connectivity index (χ1) is 9.99. The van der Waals surface area contributed by atoms with Gasteiger partial charge in [-0.15, -0.1) is 0 Å². The molecule has 2 N–H and O–H groups in total. The van der Waals surface area contributed by atoms with E-state index in [0.29, 0.717) is 21.5 Å².